The van der Waals surface area contributed by atoms with Gasteiger partial charge >= 0.3 is 0 Å². The Morgan fingerprint density at radius 2 is 2.19 bits per heavy atom. The fraction of sp³-hybridized carbons (Fsp3) is 0.533. The van der Waals surface area contributed by atoms with Crippen molar-refractivity contribution in [1.29, 1.82) is 0 Å². The first-order valence-electron chi connectivity index (χ1n) is 7.25. The van der Waals surface area contributed by atoms with Gasteiger partial charge in [-0.1, -0.05) is 23.8 Å². The van der Waals surface area contributed by atoms with Crippen molar-refractivity contribution in [1.82, 2.24) is 10.6 Å². The molecule has 0 aromatic heterocycles. The number of carbonyl (C=O) groups excluding carboxylic acids is 1. The standard InChI is InChI=1S/C15H20N2O3S/c1-10-2-3-13-11(6-10)7-16-8-14(13)15(18)17-12-4-5-21(19,20)9-12/h2-3,6,12,14,16H,4-5,7-9H2,1H3,(H,17,18). The lowest BCUT2D eigenvalue weighted by molar-refractivity contribution is -0.123. The smallest absolute Gasteiger partial charge is 0.229 e. The lowest BCUT2D eigenvalue weighted by atomic mass is 9.89. The van der Waals surface area contributed by atoms with Gasteiger partial charge in [-0.15, -0.1) is 0 Å². The van der Waals surface area contributed by atoms with E-state index in [2.05, 4.69) is 16.7 Å². The van der Waals surface area contributed by atoms with Crippen LogP contribution in [0.15, 0.2) is 18.2 Å². The van der Waals surface area contributed by atoms with Crippen LogP contribution in [0.3, 0.4) is 0 Å². The van der Waals surface area contributed by atoms with E-state index < -0.39 is 9.84 Å². The van der Waals surface area contributed by atoms with E-state index in [1.165, 1.54) is 5.56 Å². The fourth-order valence-corrected chi connectivity index (χ4v) is 4.81. The van der Waals surface area contributed by atoms with Gasteiger partial charge in [0, 0.05) is 19.1 Å². The molecule has 2 unspecified atom stereocenters. The van der Waals surface area contributed by atoms with Crippen LogP contribution in [0.4, 0.5) is 0 Å². The number of sulfone groups is 1. The fourth-order valence-electron chi connectivity index (χ4n) is 3.13. The minimum Gasteiger partial charge on any atom is -0.352 e. The maximum absolute atomic E-state index is 12.5. The molecule has 1 amide bonds. The molecule has 2 atom stereocenters. The molecule has 2 aliphatic rings. The zero-order valence-electron chi connectivity index (χ0n) is 12.1. The minimum atomic E-state index is -2.97. The van der Waals surface area contributed by atoms with Crippen LogP contribution >= 0.6 is 0 Å². The summed E-state index contributed by atoms with van der Waals surface area (Å²) in [4.78, 5) is 12.5. The van der Waals surface area contributed by atoms with Crippen LogP contribution in [0.2, 0.25) is 0 Å². The second-order valence-electron chi connectivity index (χ2n) is 5.99. The highest BCUT2D eigenvalue weighted by Gasteiger charge is 2.32. The lowest BCUT2D eigenvalue weighted by Gasteiger charge is -2.27. The zero-order chi connectivity index (χ0) is 15.0. The number of amides is 1. The van der Waals surface area contributed by atoms with Gasteiger partial charge in [-0.3, -0.25) is 4.79 Å². The van der Waals surface area contributed by atoms with Gasteiger partial charge in [0.25, 0.3) is 0 Å². The summed E-state index contributed by atoms with van der Waals surface area (Å²) in [6.45, 7) is 3.41. The molecule has 1 aromatic rings. The predicted molar refractivity (Wildman–Crippen MR) is 80.8 cm³/mol. The van der Waals surface area contributed by atoms with Gasteiger partial charge in [-0.05, 0) is 24.5 Å². The van der Waals surface area contributed by atoms with Crippen molar-refractivity contribution >= 4 is 15.7 Å². The molecule has 5 nitrogen and oxygen atoms in total. The molecule has 0 saturated carbocycles. The van der Waals surface area contributed by atoms with Crippen molar-refractivity contribution in [3.8, 4) is 0 Å². The summed E-state index contributed by atoms with van der Waals surface area (Å²) in [6.07, 6.45) is 0.523. The SMILES string of the molecule is Cc1ccc2c(c1)CNCC2C(=O)NC1CCS(=O)(=O)C1. The normalized spacial score (nSPS) is 27.1. The molecule has 0 radical (unpaired) electrons. The van der Waals surface area contributed by atoms with Crippen LogP contribution in [-0.2, 0) is 21.2 Å². The highest BCUT2D eigenvalue weighted by atomic mass is 32.2. The number of fused-ring (bicyclic) bond motifs is 1. The zero-order valence-corrected chi connectivity index (χ0v) is 12.9. The third-order valence-corrected chi connectivity index (χ3v) is 6.00. The summed E-state index contributed by atoms with van der Waals surface area (Å²) in [5.41, 5.74) is 3.39. The Balaban J connectivity index is 1.75. The number of hydrogen-bond donors (Lipinski definition) is 2. The van der Waals surface area contributed by atoms with E-state index in [0.717, 1.165) is 17.7 Å². The van der Waals surface area contributed by atoms with Gasteiger partial charge in [0.2, 0.25) is 5.91 Å². The minimum absolute atomic E-state index is 0.0691. The molecule has 114 valence electrons. The monoisotopic (exact) mass is 308 g/mol. The summed E-state index contributed by atoms with van der Waals surface area (Å²) >= 11 is 0. The molecule has 21 heavy (non-hydrogen) atoms. The Labute approximate surface area is 125 Å². The molecular weight excluding hydrogens is 288 g/mol. The summed E-state index contributed by atoms with van der Waals surface area (Å²) in [5.74, 6) is -0.0666. The van der Waals surface area contributed by atoms with Crippen LogP contribution in [0.25, 0.3) is 0 Å². The van der Waals surface area contributed by atoms with Gasteiger partial charge in [-0.25, -0.2) is 8.42 Å². The van der Waals surface area contributed by atoms with E-state index in [-0.39, 0.29) is 29.4 Å². The molecular formula is C15H20N2O3S. The second-order valence-corrected chi connectivity index (χ2v) is 8.22. The molecule has 1 aromatic carbocycles. The number of rotatable bonds is 2. The lowest BCUT2D eigenvalue weighted by Crippen LogP contribution is -2.43. The summed E-state index contributed by atoms with van der Waals surface area (Å²) in [7, 11) is -2.97. The van der Waals surface area contributed by atoms with E-state index >= 15 is 0 Å². The average molecular weight is 308 g/mol. The van der Waals surface area contributed by atoms with Crippen molar-refractivity contribution in [2.45, 2.75) is 31.8 Å². The van der Waals surface area contributed by atoms with Crippen molar-refractivity contribution in [2.24, 2.45) is 0 Å². The molecule has 2 aliphatic heterocycles. The Morgan fingerprint density at radius 1 is 1.38 bits per heavy atom. The molecule has 0 spiro atoms. The van der Waals surface area contributed by atoms with E-state index in [0.29, 0.717) is 13.0 Å². The molecule has 0 bridgehead atoms. The number of nitrogens with one attached hydrogen (secondary N) is 2. The van der Waals surface area contributed by atoms with Crippen molar-refractivity contribution in [2.75, 3.05) is 18.1 Å². The predicted octanol–water partition coefficient (Wildman–Crippen LogP) is 0.485. The molecule has 2 N–H and O–H groups in total. The molecule has 1 saturated heterocycles. The number of carbonyl (C=O) groups is 1. The molecule has 6 heteroatoms. The third kappa shape index (κ3) is 3.11. The quantitative estimate of drug-likeness (QED) is 0.833. The van der Waals surface area contributed by atoms with Crippen LogP contribution in [0.5, 0.6) is 0 Å². The number of hydrogen-bond acceptors (Lipinski definition) is 4. The first-order valence-corrected chi connectivity index (χ1v) is 9.08. The van der Waals surface area contributed by atoms with Crippen LogP contribution in [0.1, 0.15) is 29.0 Å². The van der Waals surface area contributed by atoms with Crippen molar-refractivity contribution in [3.05, 3.63) is 34.9 Å². The van der Waals surface area contributed by atoms with Crippen molar-refractivity contribution < 1.29 is 13.2 Å². The van der Waals surface area contributed by atoms with E-state index in [9.17, 15) is 13.2 Å². The summed E-state index contributed by atoms with van der Waals surface area (Å²) in [6, 6.07) is 5.89. The Morgan fingerprint density at radius 3 is 2.90 bits per heavy atom. The van der Waals surface area contributed by atoms with Crippen LogP contribution in [-0.4, -0.2) is 38.4 Å². The van der Waals surface area contributed by atoms with E-state index in [1.54, 1.807) is 0 Å². The van der Waals surface area contributed by atoms with Gasteiger partial charge in [0.05, 0.1) is 17.4 Å². The van der Waals surface area contributed by atoms with E-state index in [4.69, 9.17) is 0 Å². The topological polar surface area (TPSA) is 75.3 Å². The summed E-state index contributed by atoms with van der Waals surface area (Å²) in [5, 5.41) is 6.16. The molecule has 1 fully saturated rings. The highest BCUT2D eigenvalue weighted by Crippen LogP contribution is 2.25. The van der Waals surface area contributed by atoms with E-state index in [1.807, 2.05) is 19.1 Å². The first-order chi connectivity index (χ1) is 9.94. The Bertz CT molecular complexity index is 669. The maximum atomic E-state index is 12.5. The third-order valence-electron chi connectivity index (χ3n) is 4.23. The van der Waals surface area contributed by atoms with Gasteiger partial charge in [0.15, 0.2) is 9.84 Å². The number of aryl methyl sites for hydroxylation is 1. The number of benzene rings is 1. The van der Waals surface area contributed by atoms with Gasteiger partial charge in [0.1, 0.15) is 0 Å². The highest BCUT2D eigenvalue weighted by molar-refractivity contribution is 7.91. The molecule has 0 aliphatic carbocycles. The molecule has 2 heterocycles. The maximum Gasteiger partial charge on any atom is 0.229 e. The summed E-state index contributed by atoms with van der Waals surface area (Å²) < 4.78 is 22.9. The van der Waals surface area contributed by atoms with Gasteiger partial charge in [-0.2, -0.15) is 0 Å². The van der Waals surface area contributed by atoms with Crippen molar-refractivity contribution in [3.63, 3.8) is 0 Å². The van der Waals surface area contributed by atoms with Crippen LogP contribution in [0, 0.1) is 6.92 Å². The largest absolute Gasteiger partial charge is 0.352 e. The first kappa shape index (κ1) is 14.5. The molecule has 3 rings (SSSR count). The average Bonchev–Trinajstić information content (AvgIpc) is 2.76. The van der Waals surface area contributed by atoms with Crippen LogP contribution < -0.4 is 10.6 Å². The van der Waals surface area contributed by atoms with Gasteiger partial charge < -0.3 is 10.6 Å². The Hall–Kier alpha value is -1.40. The second kappa shape index (κ2) is 5.42. The Kier molecular flexibility index (Phi) is 3.75.